The van der Waals surface area contributed by atoms with Gasteiger partial charge in [0.25, 0.3) is 0 Å². The molecule has 0 bridgehead atoms. The van der Waals surface area contributed by atoms with E-state index in [-0.39, 0.29) is 56.7 Å². The molecule has 5 amide bonds. The van der Waals surface area contributed by atoms with E-state index in [2.05, 4.69) is 21.3 Å². The second-order valence-electron chi connectivity index (χ2n) is 11.0. The molecule has 0 radical (unpaired) electrons. The summed E-state index contributed by atoms with van der Waals surface area (Å²) in [6.07, 6.45) is 1.65. The van der Waals surface area contributed by atoms with Gasteiger partial charge in [-0.15, -0.1) is 0 Å². The molecule has 224 valence electrons. The summed E-state index contributed by atoms with van der Waals surface area (Å²) in [6, 6.07) is 10.8. The van der Waals surface area contributed by atoms with Gasteiger partial charge in [0.05, 0.1) is 6.04 Å². The Morgan fingerprint density at radius 1 is 1.02 bits per heavy atom. The Kier molecular flexibility index (Phi) is 9.79. The van der Waals surface area contributed by atoms with Crippen LogP contribution in [0.25, 0.3) is 0 Å². The first-order valence-corrected chi connectivity index (χ1v) is 14.2. The molecule has 2 aromatic rings. The lowest BCUT2D eigenvalue weighted by Crippen LogP contribution is -2.66. The summed E-state index contributed by atoms with van der Waals surface area (Å²) in [4.78, 5) is 65.3. The Hall–Kier alpha value is -4.45. The maximum atomic E-state index is 13.8. The highest BCUT2D eigenvalue weighted by molar-refractivity contribution is 5.97. The van der Waals surface area contributed by atoms with Crippen molar-refractivity contribution in [1.82, 2.24) is 21.3 Å². The molecule has 12 nitrogen and oxygen atoms in total. The number of phenolic OH excluding ortho intramolecular Hbond substituents is 1. The lowest BCUT2D eigenvalue weighted by molar-refractivity contribution is -0.138. The Morgan fingerprint density at radius 3 is 2.45 bits per heavy atom. The lowest BCUT2D eigenvalue weighted by atomic mass is 9.76. The second kappa shape index (κ2) is 13.5. The van der Waals surface area contributed by atoms with E-state index in [4.69, 9.17) is 11.5 Å². The normalized spacial score (nSPS) is 24.3. The van der Waals surface area contributed by atoms with Gasteiger partial charge in [0.2, 0.25) is 29.5 Å². The number of amides is 5. The van der Waals surface area contributed by atoms with Crippen molar-refractivity contribution in [2.24, 2.45) is 11.5 Å². The average molecular weight is 579 g/mol. The molecule has 4 atom stereocenters. The third-order valence-corrected chi connectivity index (χ3v) is 7.89. The predicted molar refractivity (Wildman–Crippen MR) is 154 cm³/mol. The highest BCUT2D eigenvalue weighted by Crippen LogP contribution is 2.30. The number of aryl methyl sites for hydroxylation is 1. The van der Waals surface area contributed by atoms with Crippen LogP contribution < -0.4 is 32.7 Å². The maximum Gasteiger partial charge on any atom is 0.246 e. The largest absolute Gasteiger partial charge is 0.508 e. The molecule has 1 aliphatic heterocycles. The number of hydrogen-bond acceptors (Lipinski definition) is 7. The summed E-state index contributed by atoms with van der Waals surface area (Å²) in [6.45, 7) is 0.240. The first-order chi connectivity index (χ1) is 20.1. The van der Waals surface area contributed by atoms with Crippen molar-refractivity contribution >= 4 is 29.5 Å². The molecule has 1 spiro atoms. The van der Waals surface area contributed by atoms with Gasteiger partial charge in [-0.2, -0.15) is 0 Å². The van der Waals surface area contributed by atoms with E-state index in [0.717, 1.165) is 16.7 Å². The van der Waals surface area contributed by atoms with Crippen LogP contribution in [0.5, 0.6) is 5.75 Å². The van der Waals surface area contributed by atoms with E-state index in [1.165, 1.54) is 12.1 Å². The molecule has 2 aromatic carbocycles. The second-order valence-corrected chi connectivity index (χ2v) is 11.0. The zero-order valence-electron chi connectivity index (χ0n) is 23.4. The van der Waals surface area contributed by atoms with Crippen LogP contribution >= 0.6 is 0 Å². The van der Waals surface area contributed by atoms with Gasteiger partial charge in [-0.1, -0.05) is 36.4 Å². The van der Waals surface area contributed by atoms with E-state index in [1.54, 1.807) is 12.1 Å². The van der Waals surface area contributed by atoms with Gasteiger partial charge < -0.3 is 37.8 Å². The highest BCUT2D eigenvalue weighted by atomic mass is 16.3. The number of primary amides is 1. The van der Waals surface area contributed by atoms with Crippen LogP contribution in [0.4, 0.5) is 0 Å². The number of rotatable bonds is 5. The summed E-state index contributed by atoms with van der Waals surface area (Å²) in [7, 11) is 0. The number of hydrogen-bond donors (Lipinski definition) is 7. The van der Waals surface area contributed by atoms with Crippen molar-refractivity contribution in [3.05, 3.63) is 65.2 Å². The Labute approximate surface area is 244 Å². The van der Waals surface area contributed by atoms with E-state index in [1.807, 2.05) is 24.3 Å². The number of phenols is 1. The van der Waals surface area contributed by atoms with E-state index >= 15 is 0 Å². The molecule has 4 rings (SSSR count). The summed E-state index contributed by atoms with van der Waals surface area (Å²) in [5.74, 6) is -2.74. The summed E-state index contributed by atoms with van der Waals surface area (Å²) >= 11 is 0. The Morgan fingerprint density at radius 2 is 1.74 bits per heavy atom. The molecule has 2 aliphatic rings. The molecule has 42 heavy (non-hydrogen) atoms. The van der Waals surface area contributed by atoms with Crippen LogP contribution in [0.15, 0.2) is 48.5 Å². The minimum Gasteiger partial charge on any atom is -0.508 e. The zero-order chi connectivity index (χ0) is 30.3. The van der Waals surface area contributed by atoms with Crippen LogP contribution in [-0.4, -0.2) is 64.9 Å². The SMILES string of the molecule is NC(=O)[C@@H]1CCC(=O)NCCCC(NC(=O)[C@@H](N)Cc2ccc(O)cc2)C(=O)N[C@@]2(CCc3ccccc3C2)C(=O)N1. The number of carbonyl (C=O) groups is 5. The first-order valence-electron chi connectivity index (χ1n) is 14.2. The molecule has 0 aromatic heterocycles. The van der Waals surface area contributed by atoms with Gasteiger partial charge in [0.15, 0.2) is 0 Å². The quantitative estimate of drug-likeness (QED) is 0.246. The number of fused-ring (bicyclic) bond motifs is 1. The Bertz CT molecular complexity index is 1330. The number of nitrogens with two attached hydrogens (primary N) is 2. The molecule has 0 saturated carbocycles. The first kappa shape index (κ1) is 30.5. The molecule has 1 fully saturated rings. The average Bonchev–Trinajstić information content (AvgIpc) is 2.96. The maximum absolute atomic E-state index is 13.8. The van der Waals surface area contributed by atoms with Gasteiger partial charge in [0.1, 0.15) is 23.4 Å². The van der Waals surface area contributed by atoms with Crippen molar-refractivity contribution < 1.29 is 29.1 Å². The highest BCUT2D eigenvalue weighted by Gasteiger charge is 2.45. The van der Waals surface area contributed by atoms with Crippen LogP contribution in [0.2, 0.25) is 0 Å². The lowest BCUT2D eigenvalue weighted by Gasteiger charge is -2.39. The zero-order valence-corrected chi connectivity index (χ0v) is 23.4. The van der Waals surface area contributed by atoms with Crippen molar-refractivity contribution in [2.45, 2.75) is 75.0 Å². The van der Waals surface area contributed by atoms with Gasteiger partial charge in [-0.05, 0) is 67.3 Å². The van der Waals surface area contributed by atoms with Crippen LogP contribution in [0.3, 0.4) is 0 Å². The fraction of sp³-hybridized carbons (Fsp3) is 0.433. The third kappa shape index (κ3) is 7.64. The van der Waals surface area contributed by atoms with Gasteiger partial charge in [-0.25, -0.2) is 0 Å². The standard InChI is InChI=1S/C30H38N6O6/c31-22(16-18-7-9-21(37)10-8-18)27(40)34-24-6-3-15-33-25(38)12-11-23(26(32)39)35-29(42)30(36-28(24)41)14-13-19-4-1-2-5-20(19)17-30/h1-2,4-5,7-10,22-24,37H,3,6,11-17,31H2,(H2,32,39)(H,33,38)(H,34,40)(H,35,42)(H,36,41)/t22-,23-,24?,30+/m0/s1. The van der Waals surface area contributed by atoms with Crippen molar-refractivity contribution in [3.63, 3.8) is 0 Å². The molecule has 12 heteroatoms. The topological polar surface area (TPSA) is 206 Å². The van der Waals surface area contributed by atoms with E-state index in [0.29, 0.717) is 12.8 Å². The number of aromatic hydroxyl groups is 1. The summed E-state index contributed by atoms with van der Waals surface area (Å²) in [5.41, 5.74) is 13.0. The molecule has 1 saturated heterocycles. The van der Waals surface area contributed by atoms with Gasteiger partial charge >= 0.3 is 0 Å². The predicted octanol–water partition coefficient (Wildman–Crippen LogP) is -0.549. The molecule has 1 aliphatic carbocycles. The van der Waals surface area contributed by atoms with Gasteiger partial charge in [0, 0.05) is 19.4 Å². The monoisotopic (exact) mass is 578 g/mol. The van der Waals surface area contributed by atoms with Crippen LogP contribution in [0, 0.1) is 0 Å². The number of nitrogens with one attached hydrogen (secondary N) is 4. The Balaban J connectivity index is 1.59. The fourth-order valence-corrected chi connectivity index (χ4v) is 5.42. The smallest absolute Gasteiger partial charge is 0.246 e. The number of carbonyl (C=O) groups excluding carboxylic acids is 5. The van der Waals surface area contributed by atoms with Crippen molar-refractivity contribution in [2.75, 3.05) is 6.54 Å². The van der Waals surface area contributed by atoms with E-state index in [9.17, 15) is 29.1 Å². The van der Waals surface area contributed by atoms with Crippen LogP contribution in [-0.2, 0) is 43.2 Å². The molecule has 1 unspecified atom stereocenters. The fourth-order valence-electron chi connectivity index (χ4n) is 5.42. The minimum absolute atomic E-state index is 0.0190. The summed E-state index contributed by atoms with van der Waals surface area (Å²) < 4.78 is 0. The third-order valence-electron chi connectivity index (χ3n) is 7.89. The number of benzene rings is 2. The summed E-state index contributed by atoms with van der Waals surface area (Å²) in [5, 5.41) is 20.6. The van der Waals surface area contributed by atoms with Crippen molar-refractivity contribution in [1.29, 1.82) is 0 Å². The van der Waals surface area contributed by atoms with Crippen LogP contribution in [0.1, 0.15) is 48.8 Å². The minimum atomic E-state index is -1.41. The van der Waals surface area contributed by atoms with Crippen molar-refractivity contribution in [3.8, 4) is 5.75 Å². The molecule has 1 heterocycles. The molecule has 9 N–H and O–H groups in total. The molecular weight excluding hydrogens is 540 g/mol. The molecular formula is C30H38N6O6. The van der Waals surface area contributed by atoms with Gasteiger partial charge in [-0.3, -0.25) is 24.0 Å². The van der Waals surface area contributed by atoms with E-state index < -0.39 is 47.3 Å².